The number of nitrogens with one attached hydrogen (secondary N) is 2. The summed E-state index contributed by atoms with van der Waals surface area (Å²) in [4.78, 5) is 28.9. The number of hydrogen-bond donors (Lipinski definition) is 2. The molecule has 3 aromatic rings. The van der Waals surface area contributed by atoms with Gasteiger partial charge in [0.15, 0.2) is 5.65 Å². The number of carbonyl (C=O) groups excluding carboxylic acids is 2. The molecule has 2 aromatic heterocycles. The lowest BCUT2D eigenvalue weighted by molar-refractivity contribution is -0.121. The fraction of sp³-hybridized carbons (Fsp3) is 0.318. The standard InChI is InChI=1S/C22H23BrN6O2/c1-13-4-5-17(23)10-19(13)28-21(31)8-9-25-20(30)7-6-18-14(2)27-22-16(11-24)12-26-29(22)15(18)3/h4-5,10,12H,6-9H2,1-3H3,(H,25,30)(H,28,31). The third-order valence-electron chi connectivity index (χ3n) is 5.08. The molecule has 160 valence electrons. The highest BCUT2D eigenvalue weighted by Crippen LogP contribution is 2.21. The van der Waals surface area contributed by atoms with Gasteiger partial charge in [-0.2, -0.15) is 10.4 Å². The predicted octanol–water partition coefficient (Wildman–Crippen LogP) is 3.37. The Labute approximate surface area is 188 Å². The SMILES string of the molecule is Cc1ccc(Br)cc1NC(=O)CCNC(=O)CCc1c(C)nc2c(C#N)cnn2c1C. The molecule has 0 saturated heterocycles. The van der Waals surface area contributed by atoms with Crippen LogP contribution in [0.3, 0.4) is 0 Å². The first-order chi connectivity index (χ1) is 14.8. The molecule has 1 aromatic carbocycles. The fourth-order valence-electron chi connectivity index (χ4n) is 3.34. The Morgan fingerprint density at radius 3 is 2.71 bits per heavy atom. The topological polar surface area (TPSA) is 112 Å². The number of halogens is 1. The summed E-state index contributed by atoms with van der Waals surface area (Å²) in [6.45, 7) is 5.95. The predicted molar refractivity (Wildman–Crippen MR) is 121 cm³/mol. The Bertz CT molecular complexity index is 1190. The highest BCUT2D eigenvalue weighted by Gasteiger charge is 2.15. The van der Waals surface area contributed by atoms with Gasteiger partial charge in [0.25, 0.3) is 0 Å². The molecule has 2 heterocycles. The molecule has 0 atom stereocenters. The normalized spacial score (nSPS) is 10.7. The molecule has 2 N–H and O–H groups in total. The summed E-state index contributed by atoms with van der Waals surface area (Å²) >= 11 is 3.39. The highest BCUT2D eigenvalue weighted by molar-refractivity contribution is 9.10. The van der Waals surface area contributed by atoms with Gasteiger partial charge in [0.05, 0.1) is 6.20 Å². The number of nitriles is 1. The van der Waals surface area contributed by atoms with Crippen molar-refractivity contribution in [2.75, 3.05) is 11.9 Å². The number of anilines is 1. The summed E-state index contributed by atoms with van der Waals surface area (Å²) in [6.07, 6.45) is 2.45. The Morgan fingerprint density at radius 2 is 1.97 bits per heavy atom. The minimum atomic E-state index is -0.158. The second kappa shape index (κ2) is 9.71. The Balaban J connectivity index is 1.51. The molecule has 0 fully saturated rings. The Hall–Kier alpha value is -3.25. The van der Waals surface area contributed by atoms with Crippen LogP contribution in [0.25, 0.3) is 5.65 Å². The van der Waals surface area contributed by atoms with Crippen LogP contribution in [0.1, 0.15) is 40.9 Å². The number of hydrogen-bond acceptors (Lipinski definition) is 5. The number of rotatable bonds is 7. The summed E-state index contributed by atoms with van der Waals surface area (Å²) in [7, 11) is 0. The van der Waals surface area contributed by atoms with Crippen molar-refractivity contribution in [3.8, 4) is 6.07 Å². The van der Waals surface area contributed by atoms with Crippen molar-refractivity contribution < 1.29 is 9.59 Å². The van der Waals surface area contributed by atoms with Crippen molar-refractivity contribution in [2.24, 2.45) is 0 Å². The zero-order chi connectivity index (χ0) is 22.5. The maximum absolute atomic E-state index is 12.3. The van der Waals surface area contributed by atoms with Gasteiger partial charge in [-0.25, -0.2) is 9.50 Å². The number of aromatic nitrogens is 3. The van der Waals surface area contributed by atoms with Crippen molar-refractivity contribution in [1.29, 1.82) is 5.26 Å². The molecule has 9 heteroatoms. The molecule has 0 radical (unpaired) electrons. The second-order valence-corrected chi connectivity index (χ2v) is 8.19. The van der Waals surface area contributed by atoms with Crippen LogP contribution >= 0.6 is 15.9 Å². The lowest BCUT2D eigenvalue weighted by Gasteiger charge is -2.12. The zero-order valence-corrected chi connectivity index (χ0v) is 19.2. The van der Waals surface area contributed by atoms with E-state index in [1.165, 1.54) is 6.20 Å². The van der Waals surface area contributed by atoms with E-state index in [4.69, 9.17) is 5.26 Å². The lowest BCUT2D eigenvalue weighted by Crippen LogP contribution is -2.28. The molecule has 3 rings (SSSR count). The van der Waals surface area contributed by atoms with Crippen LogP contribution in [-0.2, 0) is 16.0 Å². The molecule has 0 bridgehead atoms. The molecule has 0 aliphatic rings. The zero-order valence-electron chi connectivity index (χ0n) is 17.6. The van der Waals surface area contributed by atoms with Gasteiger partial charge in [-0.05, 0) is 50.5 Å². The number of fused-ring (bicyclic) bond motifs is 1. The summed E-state index contributed by atoms with van der Waals surface area (Å²) in [5, 5.41) is 19.0. The van der Waals surface area contributed by atoms with Crippen LogP contribution in [-0.4, -0.2) is 33.0 Å². The van der Waals surface area contributed by atoms with Crippen molar-refractivity contribution >= 4 is 39.1 Å². The second-order valence-electron chi connectivity index (χ2n) is 7.27. The van der Waals surface area contributed by atoms with Gasteiger partial charge in [0, 0.05) is 40.9 Å². The summed E-state index contributed by atoms with van der Waals surface area (Å²) in [5.74, 6) is -0.293. The van der Waals surface area contributed by atoms with Crippen molar-refractivity contribution in [2.45, 2.75) is 40.0 Å². The van der Waals surface area contributed by atoms with Gasteiger partial charge >= 0.3 is 0 Å². The molecule has 8 nitrogen and oxygen atoms in total. The smallest absolute Gasteiger partial charge is 0.226 e. The van der Waals surface area contributed by atoms with Crippen molar-refractivity contribution in [3.63, 3.8) is 0 Å². The van der Waals surface area contributed by atoms with E-state index in [9.17, 15) is 9.59 Å². The van der Waals surface area contributed by atoms with E-state index in [0.29, 0.717) is 17.6 Å². The quantitative estimate of drug-likeness (QED) is 0.535. The van der Waals surface area contributed by atoms with Crippen LogP contribution in [0.2, 0.25) is 0 Å². The summed E-state index contributed by atoms with van der Waals surface area (Å²) in [6, 6.07) is 7.76. The summed E-state index contributed by atoms with van der Waals surface area (Å²) < 4.78 is 2.52. The minimum Gasteiger partial charge on any atom is -0.356 e. The van der Waals surface area contributed by atoms with E-state index in [1.54, 1.807) is 4.52 Å². The average Bonchev–Trinajstić information content (AvgIpc) is 3.13. The number of benzene rings is 1. The number of amides is 2. The van der Waals surface area contributed by atoms with E-state index >= 15 is 0 Å². The van der Waals surface area contributed by atoms with Gasteiger partial charge < -0.3 is 10.6 Å². The van der Waals surface area contributed by atoms with Gasteiger partial charge in [-0.1, -0.05) is 22.0 Å². The van der Waals surface area contributed by atoms with Crippen molar-refractivity contribution in [3.05, 3.63) is 56.9 Å². The molecular weight excluding hydrogens is 460 g/mol. The summed E-state index contributed by atoms with van der Waals surface area (Å²) in [5.41, 5.74) is 5.23. The molecule has 31 heavy (non-hydrogen) atoms. The lowest BCUT2D eigenvalue weighted by atomic mass is 10.1. The minimum absolute atomic E-state index is 0.136. The molecule has 0 spiro atoms. The first-order valence-corrected chi connectivity index (χ1v) is 10.7. The number of nitrogens with zero attached hydrogens (tertiary/aromatic N) is 4. The van der Waals surface area contributed by atoms with Gasteiger partial charge in [0.1, 0.15) is 11.6 Å². The maximum Gasteiger partial charge on any atom is 0.226 e. The van der Waals surface area contributed by atoms with E-state index in [1.807, 2.05) is 39.0 Å². The van der Waals surface area contributed by atoms with Crippen LogP contribution in [0.4, 0.5) is 5.69 Å². The molecule has 0 aliphatic carbocycles. The maximum atomic E-state index is 12.3. The third kappa shape index (κ3) is 5.27. The van der Waals surface area contributed by atoms with E-state index in [2.05, 4.69) is 42.7 Å². The molecule has 2 amide bonds. The van der Waals surface area contributed by atoms with Crippen LogP contribution in [0, 0.1) is 32.1 Å². The van der Waals surface area contributed by atoms with Gasteiger partial charge in [-0.15, -0.1) is 0 Å². The van der Waals surface area contributed by atoms with Crippen LogP contribution in [0.5, 0.6) is 0 Å². The highest BCUT2D eigenvalue weighted by atomic mass is 79.9. The monoisotopic (exact) mass is 482 g/mol. The average molecular weight is 483 g/mol. The van der Waals surface area contributed by atoms with Crippen LogP contribution < -0.4 is 10.6 Å². The fourth-order valence-corrected chi connectivity index (χ4v) is 3.70. The van der Waals surface area contributed by atoms with Crippen molar-refractivity contribution in [1.82, 2.24) is 19.9 Å². The van der Waals surface area contributed by atoms with E-state index in [-0.39, 0.29) is 31.2 Å². The third-order valence-corrected chi connectivity index (χ3v) is 5.57. The van der Waals surface area contributed by atoms with Gasteiger partial charge in [-0.3, -0.25) is 9.59 Å². The Kier molecular flexibility index (Phi) is 7.02. The molecule has 0 aliphatic heterocycles. The van der Waals surface area contributed by atoms with Crippen LogP contribution in [0.15, 0.2) is 28.9 Å². The van der Waals surface area contributed by atoms with Gasteiger partial charge in [0.2, 0.25) is 11.8 Å². The number of aryl methyl sites for hydroxylation is 3. The largest absolute Gasteiger partial charge is 0.356 e. The molecule has 0 saturated carbocycles. The van der Waals surface area contributed by atoms with E-state index in [0.717, 1.165) is 32.7 Å². The number of carbonyl (C=O) groups is 2. The Morgan fingerprint density at radius 1 is 1.19 bits per heavy atom. The van der Waals surface area contributed by atoms with E-state index < -0.39 is 0 Å². The molecular formula is C22H23BrN6O2. The first kappa shape index (κ1) is 22.4. The molecule has 0 unspecified atom stereocenters. The first-order valence-electron chi connectivity index (χ1n) is 9.86.